The molecule has 2 heterocycles. The van der Waals surface area contributed by atoms with Crippen LogP contribution < -0.4 is 5.32 Å². The third-order valence-electron chi connectivity index (χ3n) is 2.99. The van der Waals surface area contributed by atoms with E-state index >= 15 is 0 Å². The van der Waals surface area contributed by atoms with Gasteiger partial charge in [-0.05, 0) is 47.4 Å². The lowest BCUT2D eigenvalue weighted by atomic mass is 10.2. The molecule has 0 saturated carbocycles. The smallest absolute Gasteiger partial charge is 0.197 e. The number of aromatic nitrogens is 1. The van der Waals surface area contributed by atoms with E-state index in [9.17, 15) is 0 Å². The van der Waals surface area contributed by atoms with E-state index in [2.05, 4.69) is 26.2 Å². The molecule has 1 unspecified atom stereocenters. The van der Waals surface area contributed by atoms with Crippen LogP contribution in [0.25, 0.3) is 11.1 Å². The third kappa shape index (κ3) is 1.87. The molecule has 0 bridgehead atoms. The molecule has 3 rings (SSSR count). The molecule has 0 radical (unpaired) electrons. The Hall–Kier alpha value is -0.870. The molecular weight excluding hydrogens is 268 g/mol. The second-order valence-electron chi connectivity index (χ2n) is 4.19. The Balaban J connectivity index is 1.90. The van der Waals surface area contributed by atoms with Crippen molar-refractivity contribution in [1.82, 2.24) is 10.3 Å². The number of benzene rings is 1. The average molecular weight is 281 g/mol. The van der Waals surface area contributed by atoms with E-state index in [1.165, 1.54) is 12.8 Å². The summed E-state index contributed by atoms with van der Waals surface area (Å²) in [5, 5.41) is 3.45. The van der Waals surface area contributed by atoms with Crippen molar-refractivity contribution < 1.29 is 4.42 Å². The average Bonchev–Trinajstić information content (AvgIpc) is 2.88. The molecule has 1 atom stereocenters. The number of hydrogen-bond acceptors (Lipinski definition) is 3. The predicted molar refractivity (Wildman–Crippen MR) is 66.4 cm³/mol. The van der Waals surface area contributed by atoms with Gasteiger partial charge in [0.1, 0.15) is 5.52 Å². The lowest BCUT2D eigenvalue weighted by molar-refractivity contribution is 0.477. The van der Waals surface area contributed by atoms with Gasteiger partial charge in [0.25, 0.3) is 0 Å². The summed E-state index contributed by atoms with van der Waals surface area (Å²) in [6.45, 7) is 1.12. The van der Waals surface area contributed by atoms with E-state index in [-0.39, 0.29) is 0 Å². The predicted octanol–water partition coefficient (Wildman–Crippen LogP) is 2.88. The summed E-state index contributed by atoms with van der Waals surface area (Å²) in [6, 6.07) is 6.47. The minimum absolute atomic E-state index is 0.534. The Labute approximate surface area is 102 Å². The molecule has 4 heteroatoms. The van der Waals surface area contributed by atoms with Crippen molar-refractivity contribution in [3.05, 3.63) is 28.6 Å². The van der Waals surface area contributed by atoms with Gasteiger partial charge < -0.3 is 9.73 Å². The fraction of sp³-hybridized carbons (Fsp3) is 0.417. The molecule has 1 aliphatic heterocycles. The molecule has 0 aliphatic carbocycles. The first-order chi connectivity index (χ1) is 7.83. The highest BCUT2D eigenvalue weighted by atomic mass is 79.9. The number of nitrogens with zero attached hydrogens (tertiary/aromatic N) is 1. The molecular formula is C12H13BrN2O. The van der Waals surface area contributed by atoms with Gasteiger partial charge in [-0.15, -0.1) is 0 Å². The van der Waals surface area contributed by atoms with Crippen LogP contribution in [0.5, 0.6) is 0 Å². The molecule has 84 valence electrons. The maximum Gasteiger partial charge on any atom is 0.197 e. The van der Waals surface area contributed by atoms with E-state index in [4.69, 9.17) is 4.42 Å². The van der Waals surface area contributed by atoms with Gasteiger partial charge in [0, 0.05) is 12.5 Å². The van der Waals surface area contributed by atoms with Crippen LogP contribution in [-0.4, -0.2) is 17.6 Å². The second kappa shape index (κ2) is 4.18. The Morgan fingerprint density at radius 3 is 3.19 bits per heavy atom. The van der Waals surface area contributed by atoms with Crippen LogP contribution in [0.2, 0.25) is 0 Å². The van der Waals surface area contributed by atoms with Gasteiger partial charge in [-0.25, -0.2) is 4.98 Å². The highest BCUT2D eigenvalue weighted by Gasteiger charge is 2.18. The maximum atomic E-state index is 5.76. The van der Waals surface area contributed by atoms with Crippen molar-refractivity contribution in [3.8, 4) is 0 Å². The Morgan fingerprint density at radius 1 is 1.50 bits per heavy atom. The monoisotopic (exact) mass is 280 g/mol. The zero-order valence-electron chi connectivity index (χ0n) is 8.87. The molecule has 0 amide bonds. The van der Waals surface area contributed by atoms with Crippen molar-refractivity contribution in [2.75, 3.05) is 6.54 Å². The molecule has 0 spiro atoms. The van der Waals surface area contributed by atoms with Crippen LogP contribution >= 0.6 is 15.9 Å². The zero-order valence-corrected chi connectivity index (χ0v) is 10.5. The molecule has 16 heavy (non-hydrogen) atoms. The number of fused-ring (bicyclic) bond motifs is 1. The number of nitrogens with one attached hydrogen (secondary N) is 1. The zero-order chi connectivity index (χ0) is 11.0. The van der Waals surface area contributed by atoms with Gasteiger partial charge in [0.15, 0.2) is 11.5 Å². The summed E-state index contributed by atoms with van der Waals surface area (Å²) in [4.78, 5) is 4.50. The molecule has 3 nitrogen and oxygen atoms in total. The van der Waals surface area contributed by atoms with Crippen LogP contribution in [0.4, 0.5) is 0 Å². The molecule has 1 aliphatic rings. The van der Waals surface area contributed by atoms with Gasteiger partial charge >= 0.3 is 0 Å². The van der Waals surface area contributed by atoms with E-state index in [0.29, 0.717) is 6.04 Å². The lowest BCUT2D eigenvalue weighted by Gasteiger charge is -2.05. The van der Waals surface area contributed by atoms with Crippen molar-refractivity contribution in [2.45, 2.75) is 25.3 Å². The topological polar surface area (TPSA) is 38.1 Å². The largest absolute Gasteiger partial charge is 0.439 e. The van der Waals surface area contributed by atoms with Crippen molar-refractivity contribution >= 4 is 27.0 Å². The van der Waals surface area contributed by atoms with Crippen LogP contribution in [0, 0.1) is 0 Å². The van der Waals surface area contributed by atoms with Crippen LogP contribution in [0.15, 0.2) is 27.1 Å². The molecule has 2 aromatic rings. The first-order valence-corrected chi connectivity index (χ1v) is 6.39. The van der Waals surface area contributed by atoms with Gasteiger partial charge in [-0.3, -0.25) is 0 Å². The van der Waals surface area contributed by atoms with Crippen LogP contribution in [0.1, 0.15) is 18.7 Å². The van der Waals surface area contributed by atoms with Crippen molar-refractivity contribution in [1.29, 1.82) is 0 Å². The summed E-state index contributed by atoms with van der Waals surface area (Å²) >= 11 is 3.47. The molecule has 1 N–H and O–H groups in total. The highest BCUT2D eigenvalue weighted by molar-refractivity contribution is 9.10. The van der Waals surface area contributed by atoms with E-state index in [1.807, 2.05) is 18.2 Å². The number of oxazole rings is 1. The maximum absolute atomic E-state index is 5.76. The first-order valence-electron chi connectivity index (χ1n) is 5.60. The number of rotatable bonds is 2. The van der Waals surface area contributed by atoms with Gasteiger partial charge in [0.2, 0.25) is 0 Å². The van der Waals surface area contributed by atoms with Crippen molar-refractivity contribution in [3.63, 3.8) is 0 Å². The summed E-state index contributed by atoms with van der Waals surface area (Å²) in [5.41, 5.74) is 1.79. The quantitative estimate of drug-likeness (QED) is 0.919. The van der Waals surface area contributed by atoms with E-state index in [1.54, 1.807) is 0 Å². The van der Waals surface area contributed by atoms with Gasteiger partial charge in [0.05, 0.1) is 4.47 Å². The van der Waals surface area contributed by atoms with Crippen molar-refractivity contribution in [2.24, 2.45) is 0 Å². The third-order valence-corrected chi connectivity index (χ3v) is 3.62. The minimum atomic E-state index is 0.534. The van der Waals surface area contributed by atoms with E-state index < -0.39 is 0 Å². The second-order valence-corrected chi connectivity index (χ2v) is 5.05. The summed E-state index contributed by atoms with van der Waals surface area (Å²) in [6.07, 6.45) is 3.37. The van der Waals surface area contributed by atoms with Gasteiger partial charge in [-0.2, -0.15) is 0 Å². The normalized spacial score (nSPS) is 20.7. The van der Waals surface area contributed by atoms with Crippen LogP contribution in [0.3, 0.4) is 0 Å². The van der Waals surface area contributed by atoms with Gasteiger partial charge in [-0.1, -0.05) is 6.07 Å². The Kier molecular flexibility index (Phi) is 2.69. The number of halogens is 1. The summed E-state index contributed by atoms with van der Waals surface area (Å²) < 4.78 is 6.74. The first kappa shape index (κ1) is 10.3. The van der Waals surface area contributed by atoms with Crippen LogP contribution in [-0.2, 0) is 6.42 Å². The Morgan fingerprint density at radius 2 is 2.44 bits per heavy atom. The fourth-order valence-corrected chi connectivity index (χ4v) is 2.63. The molecule has 1 saturated heterocycles. The summed E-state index contributed by atoms with van der Waals surface area (Å²) in [7, 11) is 0. The number of para-hydroxylation sites is 1. The SMILES string of the molecule is Brc1cccc2nc(CC3CCCN3)oc12. The van der Waals surface area contributed by atoms with E-state index in [0.717, 1.165) is 34.4 Å². The number of hydrogen-bond donors (Lipinski definition) is 1. The highest BCUT2D eigenvalue weighted by Crippen LogP contribution is 2.25. The Bertz CT molecular complexity index is 503. The summed E-state index contributed by atoms with van der Waals surface area (Å²) in [5.74, 6) is 0.835. The molecule has 1 fully saturated rings. The standard InChI is InChI=1S/C12H13BrN2O/c13-9-4-1-5-10-12(9)16-11(15-10)7-8-3-2-6-14-8/h1,4-5,8,14H,2-3,6-7H2. The lowest BCUT2D eigenvalue weighted by Crippen LogP contribution is -2.23. The minimum Gasteiger partial charge on any atom is -0.439 e. The molecule has 1 aromatic heterocycles. The fourth-order valence-electron chi connectivity index (χ4n) is 2.19. The molecule has 1 aromatic carbocycles.